The van der Waals surface area contributed by atoms with Crippen LogP contribution in [0, 0.1) is 18.3 Å². The van der Waals surface area contributed by atoms with Gasteiger partial charge in [-0.3, -0.25) is 0 Å². The van der Waals surface area contributed by atoms with Crippen molar-refractivity contribution in [3.8, 4) is 17.6 Å². The number of nitriles is 1. The third-order valence-electron chi connectivity index (χ3n) is 3.15. The van der Waals surface area contributed by atoms with Crippen LogP contribution in [-0.4, -0.2) is 0 Å². The Morgan fingerprint density at radius 3 is 2.75 bits per heavy atom. The van der Waals surface area contributed by atoms with Gasteiger partial charge < -0.3 is 14.9 Å². The smallest absolute Gasteiger partial charge is 0.247 e. The molecule has 4 nitrogen and oxygen atoms in total. The van der Waals surface area contributed by atoms with Crippen molar-refractivity contribution in [3.05, 3.63) is 53.8 Å². The number of fused-ring (bicyclic) bond motifs is 1. The monoisotopic (exact) mass is 264 g/mol. The predicted octanol–water partition coefficient (Wildman–Crippen LogP) is 3.99. The maximum atomic E-state index is 9.17. The number of nitrogen functional groups attached to an aromatic ring is 1. The van der Waals surface area contributed by atoms with Crippen LogP contribution < -0.4 is 10.5 Å². The van der Waals surface area contributed by atoms with E-state index < -0.39 is 0 Å². The third kappa shape index (κ3) is 1.86. The summed E-state index contributed by atoms with van der Waals surface area (Å²) < 4.78 is 11.3. The number of hydrogen-bond acceptors (Lipinski definition) is 4. The summed E-state index contributed by atoms with van der Waals surface area (Å²) in [6, 6.07) is 14.9. The number of benzene rings is 2. The normalized spacial score (nSPS) is 10.4. The van der Waals surface area contributed by atoms with Gasteiger partial charge in [-0.2, -0.15) is 5.26 Å². The molecule has 0 atom stereocenters. The van der Waals surface area contributed by atoms with Crippen LogP contribution in [0.4, 0.5) is 5.69 Å². The quantitative estimate of drug-likeness (QED) is 0.710. The van der Waals surface area contributed by atoms with Crippen molar-refractivity contribution in [1.29, 1.82) is 5.26 Å². The molecule has 0 aliphatic carbocycles. The van der Waals surface area contributed by atoms with Crippen LogP contribution in [0.2, 0.25) is 0 Å². The van der Waals surface area contributed by atoms with Gasteiger partial charge in [-0.05, 0) is 30.7 Å². The highest BCUT2D eigenvalue weighted by Gasteiger charge is 2.17. The summed E-state index contributed by atoms with van der Waals surface area (Å²) in [7, 11) is 0. The van der Waals surface area contributed by atoms with Crippen LogP contribution >= 0.6 is 0 Å². The summed E-state index contributed by atoms with van der Waals surface area (Å²) in [6.07, 6.45) is 0. The molecule has 98 valence electrons. The van der Waals surface area contributed by atoms with Crippen molar-refractivity contribution in [2.75, 3.05) is 5.73 Å². The lowest BCUT2D eigenvalue weighted by Gasteiger charge is -2.09. The maximum Gasteiger partial charge on any atom is 0.247 e. The Morgan fingerprint density at radius 2 is 1.95 bits per heavy atom. The highest BCUT2D eigenvalue weighted by Crippen LogP contribution is 2.38. The van der Waals surface area contributed by atoms with Crippen LogP contribution in [-0.2, 0) is 0 Å². The first-order chi connectivity index (χ1) is 9.70. The minimum Gasteiger partial charge on any atom is -0.450 e. The minimum absolute atomic E-state index is 0.145. The van der Waals surface area contributed by atoms with E-state index in [1.165, 1.54) is 0 Å². The highest BCUT2D eigenvalue weighted by molar-refractivity contribution is 5.87. The molecule has 0 fully saturated rings. The van der Waals surface area contributed by atoms with Gasteiger partial charge >= 0.3 is 0 Å². The van der Waals surface area contributed by atoms with Gasteiger partial charge in [0.15, 0.2) is 11.5 Å². The molecular weight excluding hydrogens is 252 g/mol. The highest BCUT2D eigenvalue weighted by atomic mass is 16.5. The van der Waals surface area contributed by atoms with E-state index in [-0.39, 0.29) is 5.76 Å². The fraction of sp³-hybridized carbons (Fsp3) is 0.0625. The van der Waals surface area contributed by atoms with Gasteiger partial charge in [-0.1, -0.05) is 24.3 Å². The number of rotatable bonds is 2. The summed E-state index contributed by atoms with van der Waals surface area (Å²) in [6.45, 7) is 1.90. The van der Waals surface area contributed by atoms with Crippen LogP contribution in [0.1, 0.15) is 11.3 Å². The molecule has 2 N–H and O–H groups in total. The van der Waals surface area contributed by atoms with Crippen molar-refractivity contribution in [2.45, 2.75) is 6.92 Å². The van der Waals surface area contributed by atoms with E-state index in [1.54, 1.807) is 12.1 Å². The Labute approximate surface area is 116 Å². The van der Waals surface area contributed by atoms with E-state index in [0.29, 0.717) is 22.8 Å². The van der Waals surface area contributed by atoms with Gasteiger partial charge in [-0.15, -0.1) is 0 Å². The Kier molecular flexibility index (Phi) is 2.81. The lowest BCUT2D eigenvalue weighted by atomic mass is 10.2. The van der Waals surface area contributed by atoms with E-state index in [2.05, 4.69) is 0 Å². The fourth-order valence-corrected chi connectivity index (χ4v) is 2.05. The van der Waals surface area contributed by atoms with Crippen LogP contribution in [0.5, 0.6) is 11.5 Å². The number of nitrogens with zero attached hydrogens (tertiary/aromatic N) is 1. The van der Waals surface area contributed by atoms with Crippen LogP contribution in [0.15, 0.2) is 46.9 Å². The molecule has 4 heteroatoms. The molecule has 3 rings (SSSR count). The number of aryl methyl sites for hydroxylation is 1. The fourth-order valence-electron chi connectivity index (χ4n) is 2.05. The van der Waals surface area contributed by atoms with Crippen LogP contribution in [0.3, 0.4) is 0 Å². The number of furan rings is 1. The van der Waals surface area contributed by atoms with Crippen molar-refractivity contribution < 1.29 is 9.15 Å². The second-order valence-corrected chi connectivity index (χ2v) is 4.46. The van der Waals surface area contributed by atoms with E-state index >= 15 is 0 Å². The molecule has 0 aliphatic heterocycles. The molecule has 0 aliphatic rings. The largest absolute Gasteiger partial charge is 0.450 e. The number of ether oxygens (including phenoxy) is 1. The zero-order valence-corrected chi connectivity index (χ0v) is 10.9. The third-order valence-corrected chi connectivity index (χ3v) is 3.15. The van der Waals surface area contributed by atoms with E-state index in [1.807, 2.05) is 43.3 Å². The molecule has 0 bridgehead atoms. The Morgan fingerprint density at radius 1 is 1.15 bits per heavy atom. The Balaban J connectivity index is 2.15. The maximum absolute atomic E-state index is 9.17. The molecule has 0 unspecified atom stereocenters. The molecule has 2 aromatic carbocycles. The average molecular weight is 264 g/mol. The topological polar surface area (TPSA) is 72.2 Å². The first-order valence-corrected chi connectivity index (χ1v) is 6.15. The summed E-state index contributed by atoms with van der Waals surface area (Å²) in [5.41, 5.74) is 8.09. The molecule has 3 aromatic rings. The summed E-state index contributed by atoms with van der Waals surface area (Å²) in [5, 5.41) is 9.92. The number of hydrogen-bond donors (Lipinski definition) is 1. The molecule has 20 heavy (non-hydrogen) atoms. The first kappa shape index (κ1) is 12.1. The van der Waals surface area contributed by atoms with Gasteiger partial charge in [0.25, 0.3) is 0 Å². The zero-order chi connectivity index (χ0) is 14.1. The average Bonchev–Trinajstić information content (AvgIpc) is 2.82. The molecule has 1 heterocycles. The summed E-state index contributed by atoms with van der Waals surface area (Å²) >= 11 is 0. The molecule has 0 saturated heterocycles. The second-order valence-electron chi connectivity index (χ2n) is 4.46. The first-order valence-electron chi connectivity index (χ1n) is 6.15. The molecule has 0 amide bonds. The standard InChI is InChI=1S/C16H12N2O2/c1-10-5-4-8-13(15(10)18)20-16-11-6-2-3-7-12(11)19-14(16)9-17/h2-8H,18H2,1H3. The van der Waals surface area contributed by atoms with Gasteiger partial charge in [0.2, 0.25) is 5.76 Å². The van der Waals surface area contributed by atoms with E-state index in [0.717, 1.165) is 10.9 Å². The number of anilines is 1. The Hall–Kier alpha value is -2.93. The zero-order valence-electron chi connectivity index (χ0n) is 10.9. The second kappa shape index (κ2) is 4.63. The van der Waals surface area contributed by atoms with Gasteiger partial charge in [0, 0.05) is 0 Å². The lowest BCUT2D eigenvalue weighted by molar-refractivity contribution is 0.469. The van der Waals surface area contributed by atoms with Crippen LogP contribution in [0.25, 0.3) is 11.0 Å². The molecule has 0 spiro atoms. The SMILES string of the molecule is Cc1cccc(Oc2c(C#N)oc3ccccc23)c1N. The van der Waals surface area contributed by atoms with E-state index in [4.69, 9.17) is 20.1 Å². The minimum atomic E-state index is 0.145. The predicted molar refractivity (Wildman–Crippen MR) is 76.6 cm³/mol. The molecular formula is C16H12N2O2. The lowest BCUT2D eigenvalue weighted by Crippen LogP contribution is -1.95. The van der Waals surface area contributed by atoms with Crippen molar-refractivity contribution in [2.24, 2.45) is 0 Å². The molecule has 1 aromatic heterocycles. The Bertz CT molecular complexity index is 828. The molecule has 0 radical (unpaired) electrons. The van der Waals surface area contributed by atoms with Crippen molar-refractivity contribution in [3.63, 3.8) is 0 Å². The number of para-hydroxylation sites is 2. The molecule has 0 saturated carbocycles. The van der Waals surface area contributed by atoms with Crippen molar-refractivity contribution >= 4 is 16.7 Å². The van der Waals surface area contributed by atoms with Gasteiger partial charge in [0.05, 0.1) is 11.1 Å². The van der Waals surface area contributed by atoms with E-state index in [9.17, 15) is 0 Å². The van der Waals surface area contributed by atoms with Crippen molar-refractivity contribution in [1.82, 2.24) is 0 Å². The van der Waals surface area contributed by atoms with Gasteiger partial charge in [-0.25, -0.2) is 0 Å². The summed E-state index contributed by atoms with van der Waals surface area (Å²) in [4.78, 5) is 0. The number of nitrogens with two attached hydrogens (primary N) is 1. The summed E-state index contributed by atoms with van der Waals surface area (Å²) in [5.74, 6) is 1.07. The van der Waals surface area contributed by atoms with Gasteiger partial charge in [0.1, 0.15) is 11.7 Å².